The van der Waals surface area contributed by atoms with Crippen molar-refractivity contribution in [3.63, 3.8) is 0 Å². The average Bonchev–Trinajstić information content (AvgIpc) is 3.21. The highest BCUT2D eigenvalue weighted by Gasteiger charge is 2.23. The quantitative estimate of drug-likeness (QED) is 0.370. The molecule has 0 saturated carbocycles. The van der Waals surface area contributed by atoms with Gasteiger partial charge in [0.2, 0.25) is 5.95 Å². The molecule has 9 nitrogen and oxygen atoms in total. The lowest BCUT2D eigenvalue weighted by Crippen LogP contribution is -2.40. The van der Waals surface area contributed by atoms with Gasteiger partial charge in [0.25, 0.3) is 5.91 Å². The van der Waals surface area contributed by atoms with Crippen LogP contribution >= 0.6 is 0 Å². The predicted molar refractivity (Wildman–Crippen MR) is 132 cm³/mol. The summed E-state index contributed by atoms with van der Waals surface area (Å²) >= 11 is 0. The van der Waals surface area contributed by atoms with Crippen LogP contribution in [0.15, 0.2) is 36.8 Å². The summed E-state index contributed by atoms with van der Waals surface area (Å²) < 4.78 is 7.57. The van der Waals surface area contributed by atoms with Crippen LogP contribution in [0.5, 0.6) is 5.75 Å². The highest BCUT2D eigenvalue weighted by atomic mass is 16.5. The fourth-order valence-electron chi connectivity index (χ4n) is 4.78. The third-order valence-corrected chi connectivity index (χ3v) is 6.84. The second-order valence-electron chi connectivity index (χ2n) is 8.93. The van der Waals surface area contributed by atoms with Crippen LogP contribution in [0.1, 0.15) is 35.7 Å². The molecule has 0 atom stereocenters. The number of aryl methyl sites for hydroxylation is 1. The van der Waals surface area contributed by atoms with Crippen molar-refractivity contribution < 1.29 is 14.7 Å². The molecule has 0 bridgehead atoms. The van der Waals surface area contributed by atoms with E-state index in [4.69, 9.17) is 9.94 Å². The Bertz CT molecular complexity index is 1110. The maximum absolute atomic E-state index is 11.4. The van der Waals surface area contributed by atoms with Crippen molar-refractivity contribution in [1.29, 1.82) is 0 Å². The number of nitrogens with zero attached hydrogens (tertiary/aromatic N) is 5. The highest BCUT2D eigenvalue weighted by Crippen LogP contribution is 2.26. The molecule has 3 heterocycles. The largest absolute Gasteiger partial charge is 0.497 e. The Morgan fingerprint density at radius 2 is 2.00 bits per heavy atom. The van der Waals surface area contributed by atoms with E-state index in [1.807, 2.05) is 6.07 Å². The van der Waals surface area contributed by atoms with E-state index >= 15 is 0 Å². The average molecular weight is 467 g/mol. The van der Waals surface area contributed by atoms with Crippen LogP contribution < -0.4 is 15.1 Å². The monoisotopic (exact) mass is 466 g/mol. The van der Waals surface area contributed by atoms with Crippen molar-refractivity contribution in [2.75, 3.05) is 44.7 Å². The van der Waals surface area contributed by atoms with E-state index in [0.717, 1.165) is 57.7 Å². The Balaban J connectivity index is 1.29. The van der Waals surface area contributed by atoms with Gasteiger partial charge < -0.3 is 19.1 Å². The fourth-order valence-corrected chi connectivity index (χ4v) is 4.78. The number of ether oxygens (including phenoxy) is 1. The van der Waals surface area contributed by atoms with Crippen LogP contribution in [-0.4, -0.2) is 70.4 Å². The van der Waals surface area contributed by atoms with Gasteiger partial charge in [-0.3, -0.25) is 10.0 Å². The van der Waals surface area contributed by atoms with Gasteiger partial charge in [-0.1, -0.05) is 6.92 Å². The van der Waals surface area contributed by atoms with Crippen molar-refractivity contribution in [3.8, 4) is 5.75 Å². The molecule has 0 unspecified atom stereocenters. The number of hydrogen-bond donors (Lipinski definition) is 2. The van der Waals surface area contributed by atoms with Gasteiger partial charge in [-0.05, 0) is 49.4 Å². The lowest BCUT2D eigenvalue weighted by molar-refractivity contribution is 0.0705. The van der Waals surface area contributed by atoms with Crippen molar-refractivity contribution >= 4 is 22.8 Å². The molecular weight excluding hydrogens is 432 g/mol. The molecule has 9 heteroatoms. The summed E-state index contributed by atoms with van der Waals surface area (Å²) in [4.78, 5) is 24.8. The predicted octanol–water partition coefficient (Wildman–Crippen LogP) is 2.88. The first-order valence-electron chi connectivity index (χ1n) is 11.9. The molecule has 1 aromatic carbocycles. The van der Waals surface area contributed by atoms with Crippen LogP contribution in [0.25, 0.3) is 10.9 Å². The third-order valence-electron chi connectivity index (χ3n) is 6.84. The number of amides is 1. The fraction of sp³-hybridized carbons (Fsp3) is 0.480. The maximum atomic E-state index is 11.4. The zero-order chi connectivity index (χ0) is 24.1. The second kappa shape index (κ2) is 10.8. The third kappa shape index (κ3) is 5.31. The zero-order valence-electron chi connectivity index (χ0n) is 20.2. The number of carbonyl (C=O) groups is 1. The summed E-state index contributed by atoms with van der Waals surface area (Å²) in [6.45, 7) is 7.22. The SMILES string of the molecule is CCN(CCc1cn(C)c2cc(OC)ccc12)CC1CCN(c2ncc(C(=O)NO)cn2)CC1. The minimum absolute atomic E-state index is 0.241. The number of methoxy groups -OCH3 is 1. The van der Waals surface area contributed by atoms with Crippen LogP contribution in [0.2, 0.25) is 0 Å². The molecule has 2 N–H and O–H groups in total. The Hall–Kier alpha value is -3.17. The van der Waals surface area contributed by atoms with Gasteiger partial charge in [0.15, 0.2) is 0 Å². The molecule has 0 aliphatic carbocycles. The van der Waals surface area contributed by atoms with Gasteiger partial charge >= 0.3 is 0 Å². The van der Waals surface area contributed by atoms with E-state index in [-0.39, 0.29) is 5.56 Å². The molecule has 1 aliphatic heterocycles. The lowest BCUT2D eigenvalue weighted by atomic mass is 9.96. The highest BCUT2D eigenvalue weighted by molar-refractivity contribution is 5.92. The standard InChI is InChI=1S/C25H34N6O3/c1-4-30(10-9-19-17-29(2)23-13-21(34-3)5-6-22(19)23)16-18-7-11-31(12-8-18)25-26-14-20(15-27-25)24(32)28-33/h5-6,13-15,17-18,33H,4,7-12,16H2,1-3H3,(H,28,32). The molecule has 1 fully saturated rings. The molecule has 4 rings (SSSR count). The number of anilines is 1. The van der Waals surface area contributed by atoms with Crippen LogP contribution in [0.3, 0.4) is 0 Å². The molecule has 0 spiro atoms. The van der Waals surface area contributed by atoms with Crippen molar-refractivity contribution in [2.45, 2.75) is 26.2 Å². The molecule has 1 saturated heterocycles. The number of aromatic nitrogens is 3. The molecule has 182 valence electrons. The number of benzene rings is 1. The Kier molecular flexibility index (Phi) is 7.64. The molecule has 3 aromatic rings. The molecular formula is C25H34N6O3. The van der Waals surface area contributed by atoms with Crippen LogP contribution in [0, 0.1) is 5.92 Å². The Morgan fingerprint density at radius 1 is 1.26 bits per heavy atom. The minimum Gasteiger partial charge on any atom is -0.497 e. The number of nitrogens with one attached hydrogen (secondary N) is 1. The van der Waals surface area contributed by atoms with E-state index < -0.39 is 5.91 Å². The summed E-state index contributed by atoms with van der Waals surface area (Å²) in [6.07, 6.45) is 8.34. The van der Waals surface area contributed by atoms with Gasteiger partial charge in [-0.15, -0.1) is 0 Å². The number of piperidine rings is 1. The Morgan fingerprint density at radius 3 is 2.65 bits per heavy atom. The van der Waals surface area contributed by atoms with Crippen molar-refractivity contribution in [2.24, 2.45) is 13.0 Å². The number of rotatable bonds is 9. The van der Waals surface area contributed by atoms with Gasteiger partial charge in [-0.2, -0.15) is 0 Å². The molecule has 1 aliphatic rings. The smallest absolute Gasteiger partial charge is 0.277 e. The molecule has 1 amide bonds. The minimum atomic E-state index is -0.604. The van der Waals surface area contributed by atoms with Crippen LogP contribution in [-0.2, 0) is 13.5 Å². The van der Waals surface area contributed by atoms with E-state index in [2.05, 4.69) is 56.6 Å². The maximum Gasteiger partial charge on any atom is 0.277 e. The first kappa shape index (κ1) is 24.0. The van der Waals surface area contributed by atoms with Crippen molar-refractivity contribution in [1.82, 2.24) is 24.9 Å². The van der Waals surface area contributed by atoms with Gasteiger partial charge in [0.1, 0.15) is 5.75 Å². The lowest BCUT2D eigenvalue weighted by Gasteiger charge is -2.34. The normalized spacial score (nSPS) is 14.7. The number of carbonyl (C=O) groups excluding carboxylic acids is 1. The van der Waals surface area contributed by atoms with E-state index in [9.17, 15) is 4.79 Å². The van der Waals surface area contributed by atoms with Gasteiger partial charge in [-0.25, -0.2) is 15.4 Å². The Labute approximate surface area is 200 Å². The first-order valence-corrected chi connectivity index (χ1v) is 11.9. The van der Waals surface area contributed by atoms with E-state index in [1.54, 1.807) is 12.6 Å². The number of hydrogen-bond acceptors (Lipinski definition) is 7. The number of fused-ring (bicyclic) bond motifs is 1. The van der Waals surface area contributed by atoms with Crippen LogP contribution in [0.4, 0.5) is 5.95 Å². The number of hydroxylamine groups is 1. The summed E-state index contributed by atoms with van der Waals surface area (Å²) in [6, 6.07) is 6.30. The molecule has 34 heavy (non-hydrogen) atoms. The number of likely N-dealkylation sites (N-methyl/N-ethyl adjacent to an activating group) is 1. The van der Waals surface area contributed by atoms with Gasteiger partial charge in [0.05, 0.1) is 18.2 Å². The molecule has 0 radical (unpaired) electrons. The summed E-state index contributed by atoms with van der Waals surface area (Å²) in [5.74, 6) is 1.56. The summed E-state index contributed by atoms with van der Waals surface area (Å²) in [5.41, 5.74) is 4.43. The second-order valence-corrected chi connectivity index (χ2v) is 8.93. The van der Waals surface area contributed by atoms with Gasteiger partial charge in [0, 0.05) is 63.3 Å². The van der Waals surface area contributed by atoms with E-state index in [1.165, 1.54) is 28.9 Å². The summed E-state index contributed by atoms with van der Waals surface area (Å²) in [7, 11) is 3.80. The van der Waals surface area contributed by atoms with E-state index in [0.29, 0.717) is 11.9 Å². The summed E-state index contributed by atoms with van der Waals surface area (Å²) in [5, 5.41) is 10.0. The molecule has 2 aromatic heterocycles. The van der Waals surface area contributed by atoms with Crippen molar-refractivity contribution in [3.05, 3.63) is 47.9 Å². The first-order chi connectivity index (χ1) is 16.5. The zero-order valence-corrected chi connectivity index (χ0v) is 20.2. The topological polar surface area (TPSA) is 95.8 Å².